The Bertz CT molecular complexity index is 1470. The van der Waals surface area contributed by atoms with Crippen LogP contribution in [0.25, 0.3) is 11.3 Å². The minimum absolute atomic E-state index is 0.0708. The van der Waals surface area contributed by atoms with Gasteiger partial charge in [0.1, 0.15) is 23.6 Å². The third kappa shape index (κ3) is 6.73. The highest BCUT2D eigenvalue weighted by molar-refractivity contribution is 6.43. The molecule has 0 aliphatic carbocycles. The molecule has 3 aliphatic heterocycles. The lowest BCUT2D eigenvalue weighted by atomic mass is 9.88. The van der Waals surface area contributed by atoms with Crippen molar-refractivity contribution in [3.63, 3.8) is 0 Å². The first kappa shape index (κ1) is 30.8. The number of pyridine rings is 1. The van der Waals surface area contributed by atoms with Crippen LogP contribution < -0.4 is 26.2 Å². The highest BCUT2D eigenvalue weighted by Gasteiger charge is 2.32. The summed E-state index contributed by atoms with van der Waals surface area (Å²) in [6, 6.07) is 9.49. The quantitative estimate of drug-likeness (QED) is 0.293. The maximum atomic E-state index is 11.5. The summed E-state index contributed by atoms with van der Waals surface area (Å²) in [4.78, 5) is 30.1. The molecule has 2 aromatic heterocycles. The first-order valence-electron chi connectivity index (χ1n) is 15.4. The number of carbonyl (C=O) groups is 1. The average Bonchev–Trinajstić information content (AvgIpc) is 3.02. The molecule has 1 amide bonds. The zero-order valence-electron chi connectivity index (χ0n) is 25.0. The first-order valence-corrected chi connectivity index (χ1v) is 16.2. The molecule has 0 spiro atoms. The van der Waals surface area contributed by atoms with Gasteiger partial charge < -0.3 is 31.3 Å². The van der Waals surface area contributed by atoms with Crippen LogP contribution >= 0.6 is 23.2 Å². The molecule has 10 nitrogen and oxygen atoms in total. The molecular formula is C32H40Cl2N8O2. The predicted molar refractivity (Wildman–Crippen MR) is 175 cm³/mol. The molecule has 0 radical (unpaired) electrons. The topological polar surface area (TPSA) is 133 Å². The van der Waals surface area contributed by atoms with E-state index >= 15 is 0 Å². The molecule has 0 bridgehead atoms. The molecule has 3 fully saturated rings. The summed E-state index contributed by atoms with van der Waals surface area (Å²) in [5.41, 5.74) is 8.57. The standard InChI is InChI=1S/C32H40Cl2N8O2/c1-32(11-15-42(16-12-32)26-19-37-29(30(35)39-26)23-3-2-4-24(33)28(23)34)38-17-20-9-13-41(14-10-20)25-7-5-21(18-36-25)22-6-8-27(43)40-31(22)44/h2-5,7,18-20,22,31,38,44H,6,8-17H2,1H3,(H2,35,39)(H,40,43). The number of rotatable bonds is 7. The van der Waals surface area contributed by atoms with Gasteiger partial charge in [0.25, 0.3) is 0 Å². The van der Waals surface area contributed by atoms with Crippen LogP contribution in [-0.4, -0.2) is 70.5 Å². The molecule has 2 unspecified atom stereocenters. The number of amides is 1. The van der Waals surface area contributed by atoms with Crippen LogP contribution in [0.1, 0.15) is 56.9 Å². The van der Waals surface area contributed by atoms with Gasteiger partial charge >= 0.3 is 0 Å². The number of benzene rings is 1. The molecule has 3 saturated heterocycles. The number of nitrogens with two attached hydrogens (primary N) is 1. The van der Waals surface area contributed by atoms with Crippen LogP contribution in [0.2, 0.25) is 10.0 Å². The fourth-order valence-corrected chi connectivity index (χ4v) is 6.93. The van der Waals surface area contributed by atoms with E-state index in [0.29, 0.717) is 45.9 Å². The normalized spacial score (nSPS) is 22.6. The fourth-order valence-electron chi connectivity index (χ4n) is 6.54. The fraction of sp³-hybridized carbons (Fsp3) is 0.500. The highest BCUT2D eigenvalue weighted by atomic mass is 35.5. The molecule has 0 saturated carbocycles. The van der Waals surface area contributed by atoms with Crippen molar-refractivity contribution in [2.24, 2.45) is 5.92 Å². The van der Waals surface area contributed by atoms with Gasteiger partial charge in [-0.1, -0.05) is 41.4 Å². The van der Waals surface area contributed by atoms with Gasteiger partial charge in [-0.25, -0.2) is 15.0 Å². The highest BCUT2D eigenvalue weighted by Crippen LogP contribution is 2.36. The maximum Gasteiger partial charge on any atom is 0.222 e. The second-order valence-electron chi connectivity index (χ2n) is 12.5. The zero-order chi connectivity index (χ0) is 30.8. The average molecular weight is 640 g/mol. The van der Waals surface area contributed by atoms with Crippen LogP contribution in [0.15, 0.2) is 42.7 Å². The first-order chi connectivity index (χ1) is 21.2. The van der Waals surface area contributed by atoms with Gasteiger partial charge in [-0.05, 0) is 69.2 Å². The molecule has 3 aliphatic rings. The Labute approximate surface area is 268 Å². The summed E-state index contributed by atoms with van der Waals surface area (Å²) >= 11 is 12.6. The minimum Gasteiger partial charge on any atom is -0.382 e. The van der Waals surface area contributed by atoms with Crippen LogP contribution in [0.3, 0.4) is 0 Å². The molecule has 234 valence electrons. The number of nitrogen functional groups attached to an aromatic ring is 1. The van der Waals surface area contributed by atoms with E-state index in [2.05, 4.69) is 37.3 Å². The molecule has 6 rings (SSSR count). The number of anilines is 3. The van der Waals surface area contributed by atoms with E-state index in [0.717, 1.165) is 75.6 Å². The monoisotopic (exact) mass is 638 g/mol. The summed E-state index contributed by atoms with van der Waals surface area (Å²) in [7, 11) is 0. The third-order valence-electron chi connectivity index (χ3n) is 9.51. The van der Waals surface area contributed by atoms with E-state index in [1.54, 1.807) is 12.3 Å². The van der Waals surface area contributed by atoms with Gasteiger partial charge in [0.15, 0.2) is 5.82 Å². The zero-order valence-corrected chi connectivity index (χ0v) is 26.5. The Morgan fingerprint density at radius 3 is 2.45 bits per heavy atom. The summed E-state index contributed by atoms with van der Waals surface area (Å²) in [5.74, 6) is 2.51. The van der Waals surface area contributed by atoms with Crippen molar-refractivity contribution in [1.82, 2.24) is 25.6 Å². The molecule has 12 heteroatoms. The van der Waals surface area contributed by atoms with Crippen LogP contribution in [0.5, 0.6) is 0 Å². The number of nitrogens with one attached hydrogen (secondary N) is 2. The molecule has 5 heterocycles. The second kappa shape index (κ2) is 13.0. The largest absolute Gasteiger partial charge is 0.382 e. The summed E-state index contributed by atoms with van der Waals surface area (Å²) < 4.78 is 0. The van der Waals surface area contributed by atoms with Crippen molar-refractivity contribution in [2.45, 2.75) is 63.1 Å². The predicted octanol–water partition coefficient (Wildman–Crippen LogP) is 4.60. The molecule has 5 N–H and O–H groups in total. The summed E-state index contributed by atoms with van der Waals surface area (Å²) in [6.45, 7) is 7.02. The number of aromatic nitrogens is 3. The lowest BCUT2D eigenvalue weighted by molar-refractivity contribution is -0.127. The van der Waals surface area contributed by atoms with E-state index in [4.69, 9.17) is 33.9 Å². The Morgan fingerprint density at radius 2 is 1.77 bits per heavy atom. The van der Waals surface area contributed by atoms with Gasteiger partial charge in [0.05, 0.1) is 16.2 Å². The Hall–Kier alpha value is -3.18. The van der Waals surface area contributed by atoms with E-state index in [-0.39, 0.29) is 17.4 Å². The number of halogens is 2. The van der Waals surface area contributed by atoms with Crippen LogP contribution in [-0.2, 0) is 4.79 Å². The number of aliphatic hydroxyl groups excluding tert-OH is 1. The number of piperidine rings is 3. The van der Waals surface area contributed by atoms with Gasteiger partial charge in [0, 0.05) is 55.8 Å². The number of hydrogen-bond donors (Lipinski definition) is 4. The van der Waals surface area contributed by atoms with Crippen LogP contribution in [0.4, 0.5) is 17.5 Å². The second-order valence-corrected chi connectivity index (χ2v) is 13.3. The van der Waals surface area contributed by atoms with Crippen molar-refractivity contribution in [3.05, 3.63) is 58.3 Å². The number of hydrogen-bond acceptors (Lipinski definition) is 9. The van der Waals surface area contributed by atoms with Gasteiger partial charge in [-0.2, -0.15) is 0 Å². The van der Waals surface area contributed by atoms with Gasteiger partial charge in [-0.3, -0.25) is 4.79 Å². The molecule has 2 atom stereocenters. The Morgan fingerprint density at radius 1 is 1.02 bits per heavy atom. The minimum atomic E-state index is -0.847. The Balaban J connectivity index is 0.963. The van der Waals surface area contributed by atoms with Crippen molar-refractivity contribution in [1.29, 1.82) is 0 Å². The SMILES string of the molecule is CC1(NCC2CCN(c3ccc(C4CCC(=O)NC4O)cn3)CC2)CCN(c2cnc(-c3cccc(Cl)c3Cl)c(N)n2)CC1. The van der Waals surface area contributed by atoms with Crippen molar-refractivity contribution >= 4 is 46.6 Å². The molecule has 44 heavy (non-hydrogen) atoms. The number of aliphatic hydroxyl groups is 1. The smallest absolute Gasteiger partial charge is 0.222 e. The van der Waals surface area contributed by atoms with E-state index in [1.807, 2.05) is 30.5 Å². The number of carbonyl (C=O) groups excluding carboxylic acids is 1. The van der Waals surface area contributed by atoms with E-state index in [9.17, 15) is 9.90 Å². The van der Waals surface area contributed by atoms with E-state index < -0.39 is 6.23 Å². The van der Waals surface area contributed by atoms with Crippen molar-refractivity contribution in [3.8, 4) is 11.3 Å². The van der Waals surface area contributed by atoms with Gasteiger partial charge in [-0.15, -0.1) is 0 Å². The van der Waals surface area contributed by atoms with Crippen LogP contribution in [0, 0.1) is 5.92 Å². The van der Waals surface area contributed by atoms with Crippen molar-refractivity contribution < 1.29 is 9.90 Å². The summed E-state index contributed by atoms with van der Waals surface area (Å²) in [6.07, 6.45) is 8.09. The third-order valence-corrected chi connectivity index (χ3v) is 10.3. The van der Waals surface area contributed by atoms with Crippen molar-refractivity contribution in [2.75, 3.05) is 48.3 Å². The molecule has 3 aromatic rings. The molecule has 1 aromatic carbocycles. The Kier molecular flexibility index (Phi) is 9.14. The maximum absolute atomic E-state index is 11.5. The lowest BCUT2D eigenvalue weighted by Crippen LogP contribution is -2.53. The number of nitrogens with zero attached hydrogens (tertiary/aromatic N) is 5. The summed E-state index contributed by atoms with van der Waals surface area (Å²) in [5, 5.41) is 17.6. The van der Waals surface area contributed by atoms with E-state index in [1.165, 1.54) is 0 Å². The van der Waals surface area contributed by atoms with Gasteiger partial charge in [0.2, 0.25) is 5.91 Å². The molecular weight excluding hydrogens is 599 g/mol. The lowest BCUT2D eigenvalue weighted by Gasteiger charge is -2.42.